The summed E-state index contributed by atoms with van der Waals surface area (Å²) < 4.78 is 0. The van der Waals surface area contributed by atoms with Crippen LogP contribution in [0.25, 0.3) is 0 Å². The maximum atomic E-state index is 11.9. The molecule has 1 aliphatic rings. The number of benzene rings is 1. The van der Waals surface area contributed by atoms with Crippen molar-refractivity contribution in [3.05, 3.63) is 29.8 Å². The van der Waals surface area contributed by atoms with Crippen LogP contribution in [0.4, 0.5) is 0 Å². The van der Waals surface area contributed by atoms with Crippen molar-refractivity contribution in [1.29, 1.82) is 0 Å². The molecule has 3 N–H and O–H groups in total. The first kappa shape index (κ1) is 12.9. The molecule has 1 amide bonds. The topological polar surface area (TPSA) is 61.4 Å². The molecule has 18 heavy (non-hydrogen) atoms. The summed E-state index contributed by atoms with van der Waals surface area (Å²) in [5.74, 6) is 0.730. The van der Waals surface area contributed by atoms with Crippen LogP contribution in [-0.4, -0.2) is 30.1 Å². The molecule has 0 radical (unpaired) electrons. The minimum absolute atomic E-state index is 0.0150. The molecule has 1 aromatic carbocycles. The molecule has 1 aromatic rings. The number of carbonyl (C=O) groups excluding carboxylic acids is 1. The predicted molar refractivity (Wildman–Crippen MR) is 70.4 cm³/mol. The molecule has 4 heteroatoms. The zero-order chi connectivity index (χ0) is 13.0. The van der Waals surface area contributed by atoms with Crippen molar-refractivity contribution < 1.29 is 9.90 Å². The number of hydrogen-bond donors (Lipinski definition) is 3. The van der Waals surface area contributed by atoms with Gasteiger partial charge in [0.1, 0.15) is 5.75 Å². The summed E-state index contributed by atoms with van der Waals surface area (Å²) in [6, 6.07) is 7.05. The molecule has 1 fully saturated rings. The predicted octanol–water partition coefficient (Wildman–Crippen LogP) is 1.05. The molecule has 0 saturated carbocycles. The lowest BCUT2D eigenvalue weighted by molar-refractivity contribution is -0.121. The summed E-state index contributed by atoms with van der Waals surface area (Å²) in [6.07, 6.45) is 1.41. The highest BCUT2D eigenvalue weighted by molar-refractivity contribution is 5.79. The third kappa shape index (κ3) is 3.47. The fraction of sp³-hybridized carbons (Fsp3) is 0.500. The molecule has 2 atom stereocenters. The first-order valence-electron chi connectivity index (χ1n) is 6.43. The Bertz CT molecular complexity index is 420. The number of nitrogens with one attached hydrogen (secondary N) is 2. The highest BCUT2D eigenvalue weighted by Crippen LogP contribution is 2.13. The van der Waals surface area contributed by atoms with E-state index in [2.05, 4.69) is 17.6 Å². The third-order valence-electron chi connectivity index (χ3n) is 3.45. The van der Waals surface area contributed by atoms with E-state index in [9.17, 15) is 9.90 Å². The minimum atomic E-state index is 0.0150. The van der Waals surface area contributed by atoms with Gasteiger partial charge in [-0.15, -0.1) is 0 Å². The Kier molecular flexibility index (Phi) is 4.20. The third-order valence-corrected chi connectivity index (χ3v) is 3.45. The van der Waals surface area contributed by atoms with Gasteiger partial charge in [-0.2, -0.15) is 0 Å². The van der Waals surface area contributed by atoms with Gasteiger partial charge in [-0.3, -0.25) is 4.79 Å². The van der Waals surface area contributed by atoms with E-state index in [1.54, 1.807) is 18.2 Å². The second-order valence-corrected chi connectivity index (χ2v) is 4.99. The number of carbonyl (C=O) groups is 1. The van der Waals surface area contributed by atoms with Gasteiger partial charge in [0, 0.05) is 12.6 Å². The lowest BCUT2D eigenvalue weighted by Gasteiger charge is -2.30. The first-order valence-corrected chi connectivity index (χ1v) is 6.43. The van der Waals surface area contributed by atoms with Gasteiger partial charge in [0.2, 0.25) is 5.91 Å². The molecule has 0 aromatic heterocycles. The van der Waals surface area contributed by atoms with Crippen LogP contribution in [0, 0.1) is 5.92 Å². The van der Waals surface area contributed by atoms with Gasteiger partial charge in [-0.1, -0.05) is 19.1 Å². The lowest BCUT2D eigenvalue weighted by Crippen LogP contribution is -2.50. The fourth-order valence-corrected chi connectivity index (χ4v) is 2.29. The van der Waals surface area contributed by atoms with Crippen molar-refractivity contribution in [2.75, 3.05) is 13.1 Å². The molecular formula is C14H20N2O2. The average Bonchev–Trinajstić information content (AvgIpc) is 2.32. The number of phenols is 1. The van der Waals surface area contributed by atoms with Crippen LogP contribution in [0.2, 0.25) is 0 Å². The quantitative estimate of drug-likeness (QED) is 0.749. The lowest BCUT2D eigenvalue weighted by atomic mass is 9.94. The zero-order valence-electron chi connectivity index (χ0n) is 10.6. The number of hydrogen-bond acceptors (Lipinski definition) is 3. The smallest absolute Gasteiger partial charge is 0.224 e. The van der Waals surface area contributed by atoms with E-state index in [1.807, 2.05) is 6.07 Å². The standard InChI is InChI=1S/C14H20N2O2/c1-10-5-6-15-9-13(10)16-14(18)8-11-3-2-4-12(17)7-11/h2-4,7,10,13,15,17H,5-6,8-9H2,1H3,(H,16,18). The van der Waals surface area contributed by atoms with E-state index >= 15 is 0 Å². The van der Waals surface area contributed by atoms with Crippen molar-refractivity contribution in [1.82, 2.24) is 10.6 Å². The molecule has 0 aliphatic carbocycles. The Morgan fingerprint density at radius 1 is 1.56 bits per heavy atom. The Labute approximate surface area is 107 Å². The largest absolute Gasteiger partial charge is 0.508 e. The van der Waals surface area contributed by atoms with E-state index in [1.165, 1.54) is 0 Å². The van der Waals surface area contributed by atoms with E-state index in [4.69, 9.17) is 0 Å². The van der Waals surface area contributed by atoms with Crippen LogP contribution >= 0.6 is 0 Å². The molecule has 98 valence electrons. The molecule has 0 spiro atoms. The van der Waals surface area contributed by atoms with E-state index in [0.29, 0.717) is 12.3 Å². The fourth-order valence-electron chi connectivity index (χ4n) is 2.29. The van der Waals surface area contributed by atoms with E-state index < -0.39 is 0 Å². The summed E-state index contributed by atoms with van der Waals surface area (Å²) in [6.45, 7) is 4.03. The Morgan fingerprint density at radius 2 is 2.39 bits per heavy atom. The Balaban J connectivity index is 1.88. The van der Waals surface area contributed by atoms with Crippen molar-refractivity contribution in [3.63, 3.8) is 0 Å². The number of amides is 1. The second-order valence-electron chi connectivity index (χ2n) is 4.99. The SMILES string of the molecule is CC1CCNCC1NC(=O)Cc1cccc(O)c1. The summed E-state index contributed by atoms with van der Waals surface area (Å²) in [4.78, 5) is 11.9. The minimum Gasteiger partial charge on any atom is -0.508 e. The molecule has 2 unspecified atom stereocenters. The van der Waals surface area contributed by atoms with Gasteiger partial charge in [-0.05, 0) is 36.6 Å². The summed E-state index contributed by atoms with van der Waals surface area (Å²) in [7, 11) is 0. The van der Waals surface area contributed by atoms with Gasteiger partial charge < -0.3 is 15.7 Å². The molecular weight excluding hydrogens is 228 g/mol. The molecule has 1 aliphatic heterocycles. The van der Waals surface area contributed by atoms with Crippen molar-refractivity contribution in [3.8, 4) is 5.75 Å². The molecule has 1 heterocycles. The van der Waals surface area contributed by atoms with Crippen LogP contribution < -0.4 is 10.6 Å². The van der Waals surface area contributed by atoms with Crippen LogP contribution in [0.15, 0.2) is 24.3 Å². The molecule has 0 bridgehead atoms. The van der Waals surface area contributed by atoms with Crippen LogP contribution in [0.5, 0.6) is 5.75 Å². The maximum Gasteiger partial charge on any atom is 0.224 e. The zero-order valence-corrected chi connectivity index (χ0v) is 10.6. The number of piperidine rings is 1. The maximum absolute atomic E-state index is 11.9. The highest BCUT2D eigenvalue weighted by Gasteiger charge is 2.22. The van der Waals surface area contributed by atoms with Crippen molar-refractivity contribution in [2.45, 2.75) is 25.8 Å². The summed E-state index contributed by atoms with van der Waals surface area (Å²) in [5.41, 5.74) is 0.837. The average molecular weight is 248 g/mol. The van der Waals surface area contributed by atoms with Gasteiger partial charge in [0.15, 0.2) is 0 Å². The van der Waals surface area contributed by atoms with E-state index in [0.717, 1.165) is 25.1 Å². The van der Waals surface area contributed by atoms with Gasteiger partial charge in [0.25, 0.3) is 0 Å². The Morgan fingerprint density at radius 3 is 3.11 bits per heavy atom. The first-order chi connectivity index (χ1) is 8.65. The molecule has 4 nitrogen and oxygen atoms in total. The van der Waals surface area contributed by atoms with Crippen molar-refractivity contribution >= 4 is 5.91 Å². The van der Waals surface area contributed by atoms with Crippen molar-refractivity contribution in [2.24, 2.45) is 5.92 Å². The van der Waals surface area contributed by atoms with Crippen LogP contribution in [-0.2, 0) is 11.2 Å². The molecule has 2 rings (SSSR count). The number of phenolic OH excluding ortho intramolecular Hbond substituents is 1. The summed E-state index contributed by atoms with van der Waals surface area (Å²) >= 11 is 0. The van der Waals surface area contributed by atoms with Gasteiger partial charge in [-0.25, -0.2) is 0 Å². The normalized spacial score (nSPS) is 23.6. The highest BCUT2D eigenvalue weighted by atomic mass is 16.3. The van der Waals surface area contributed by atoms with Gasteiger partial charge in [0.05, 0.1) is 6.42 Å². The summed E-state index contributed by atoms with van der Waals surface area (Å²) in [5, 5.41) is 15.7. The Hall–Kier alpha value is -1.55. The van der Waals surface area contributed by atoms with E-state index in [-0.39, 0.29) is 17.7 Å². The molecule has 1 saturated heterocycles. The van der Waals surface area contributed by atoms with Gasteiger partial charge >= 0.3 is 0 Å². The number of rotatable bonds is 3. The number of aromatic hydroxyl groups is 1. The second kappa shape index (κ2) is 5.87. The van der Waals surface area contributed by atoms with Crippen LogP contribution in [0.3, 0.4) is 0 Å². The monoisotopic (exact) mass is 248 g/mol. The van der Waals surface area contributed by atoms with Crippen LogP contribution in [0.1, 0.15) is 18.9 Å².